The fraction of sp³-hybridized carbons (Fsp3) is 0.391. The Morgan fingerprint density at radius 1 is 1.19 bits per heavy atom. The van der Waals surface area contributed by atoms with Crippen LogP contribution in [0.15, 0.2) is 48.9 Å². The summed E-state index contributed by atoms with van der Waals surface area (Å²) in [5.41, 5.74) is 0.274. The Morgan fingerprint density at radius 3 is 2.72 bits per heavy atom. The van der Waals surface area contributed by atoms with E-state index in [2.05, 4.69) is 22.1 Å². The number of piperidine rings is 1. The molecule has 1 aromatic carbocycles. The number of halogens is 2. The lowest BCUT2D eigenvalue weighted by atomic mass is 9.86. The summed E-state index contributed by atoms with van der Waals surface area (Å²) in [6.07, 6.45) is 7.36. The van der Waals surface area contributed by atoms with Crippen LogP contribution in [-0.4, -0.2) is 50.0 Å². The van der Waals surface area contributed by atoms with Gasteiger partial charge in [-0.1, -0.05) is 19.4 Å². The van der Waals surface area contributed by atoms with Gasteiger partial charge in [-0.15, -0.1) is 0 Å². The molecule has 32 heavy (non-hydrogen) atoms. The number of carbonyl (C=O) groups excluding carboxylic acids is 1. The van der Waals surface area contributed by atoms with Crippen molar-refractivity contribution < 1.29 is 18.3 Å². The first-order valence-electron chi connectivity index (χ1n) is 10.8. The average Bonchev–Trinajstić information content (AvgIpc) is 3.34. The van der Waals surface area contributed by atoms with Crippen molar-refractivity contribution in [3.63, 3.8) is 0 Å². The second kappa shape index (κ2) is 9.84. The quantitative estimate of drug-likeness (QED) is 0.553. The molecule has 4 rings (SSSR count). The molecule has 0 saturated carbocycles. The number of carbonyl (C=O) groups is 1. The van der Waals surface area contributed by atoms with Crippen LogP contribution in [0, 0.1) is 17.6 Å². The van der Waals surface area contributed by atoms with Crippen molar-refractivity contribution in [3.05, 3.63) is 66.1 Å². The first-order valence-corrected chi connectivity index (χ1v) is 10.8. The maximum atomic E-state index is 14.9. The molecule has 2 aromatic heterocycles. The Kier molecular flexibility index (Phi) is 6.72. The standard InChI is InChI=1S/C23H25F2N5O2/c1-2-5-19-16(15-32-21-10-9-17(24)14-26-21)6-4-13-29(19)23(31)22-18(25)7-3-8-20(22)30-27-11-12-28-30/h3,7-12,14,16,19H,2,4-6,13,15H2,1H3. The van der Waals surface area contributed by atoms with Crippen LogP contribution in [0.4, 0.5) is 8.78 Å². The Labute approximate surface area is 185 Å². The number of aromatic nitrogens is 4. The van der Waals surface area contributed by atoms with E-state index >= 15 is 0 Å². The zero-order chi connectivity index (χ0) is 22.5. The summed E-state index contributed by atoms with van der Waals surface area (Å²) in [6.45, 7) is 2.94. The van der Waals surface area contributed by atoms with Crippen molar-refractivity contribution in [1.29, 1.82) is 0 Å². The number of nitrogens with zero attached hydrogens (tertiary/aromatic N) is 5. The summed E-state index contributed by atoms with van der Waals surface area (Å²) in [6, 6.07) is 7.12. The van der Waals surface area contributed by atoms with Gasteiger partial charge in [0.1, 0.15) is 22.9 Å². The summed E-state index contributed by atoms with van der Waals surface area (Å²) < 4.78 is 33.8. The van der Waals surface area contributed by atoms with Crippen molar-refractivity contribution in [2.45, 2.75) is 38.6 Å². The SMILES string of the molecule is CCCC1C(COc2ccc(F)cn2)CCCN1C(=O)c1c(F)cccc1-n1nccn1. The van der Waals surface area contributed by atoms with Crippen molar-refractivity contribution >= 4 is 5.91 Å². The average molecular weight is 441 g/mol. The molecule has 0 N–H and O–H groups in total. The third kappa shape index (κ3) is 4.61. The maximum Gasteiger partial charge on any atom is 0.259 e. The van der Waals surface area contributed by atoms with Crippen molar-refractivity contribution in [1.82, 2.24) is 24.9 Å². The molecule has 1 saturated heterocycles. The molecule has 1 amide bonds. The summed E-state index contributed by atoms with van der Waals surface area (Å²) in [5, 5.41) is 8.14. The number of likely N-dealkylation sites (tertiary alicyclic amines) is 1. The van der Waals surface area contributed by atoms with Crippen LogP contribution in [-0.2, 0) is 0 Å². The van der Waals surface area contributed by atoms with E-state index < -0.39 is 11.6 Å². The number of hydrogen-bond donors (Lipinski definition) is 0. The summed E-state index contributed by atoms with van der Waals surface area (Å²) in [4.78, 5) is 20.6. The minimum absolute atomic E-state index is 0.0356. The lowest BCUT2D eigenvalue weighted by Gasteiger charge is -2.41. The first-order chi connectivity index (χ1) is 15.6. The molecule has 2 unspecified atom stereocenters. The van der Waals surface area contributed by atoms with Gasteiger partial charge in [0.25, 0.3) is 5.91 Å². The summed E-state index contributed by atoms with van der Waals surface area (Å²) >= 11 is 0. The number of benzene rings is 1. The molecule has 0 aliphatic carbocycles. The molecule has 1 aliphatic heterocycles. The summed E-state index contributed by atoms with van der Waals surface area (Å²) in [5.74, 6) is -1.01. The second-order valence-corrected chi connectivity index (χ2v) is 7.84. The van der Waals surface area contributed by atoms with E-state index in [9.17, 15) is 13.6 Å². The predicted molar refractivity (Wildman–Crippen MR) is 113 cm³/mol. The van der Waals surface area contributed by atoms with Gasteiger partial charge in [0.05, 0.1) is 25.2 Å². The normalized spacial score (nSPS) is 18.5. The van der Waals surface area contributed by atoms with Crippen LogP contribution in [0.1, 0.15) is 43.0 Å². The molecule has 9 heteroatoms. The highest BCUT2D eigenvalue weighted by Gasteiger charge is 2.36. The van der Waals surface area contributed by atoms with Gasteiger partial charge in [-0.05, 0) is 37.5 Å². The Balaban J connectivity index is 1.58. The number of pyridine rings is 1. The van der Waals surface area contributed by atoms with E-state index in [1.807, 2.05) is 0 Å². The zero-order valence-corrected chi connectivity index (χ0v) is 17.8. The van der Waals surface area contributed by atoms with Crippen LogP contribution in [0.25, 0.3) is 5.69 Å². The van der Waals surface area contributed by atoms with Crippen LogP contribution < -0.4 is 4.74 Å². The topological polar surface area (TPSA) is 73.1 Å². The van der Waals surface area contributed by atoms with Gasteiger partial charge in [-0.2, -0.15) is 15.0 Å². The van der Waals surface area contributed by atoms with Gasteiger partial charge in [-0.25, -0.2) is 13.8 Å². The first kappa shape index (κ1) is 21.9. The van der Waals surface area contributed by atoms with Crippen LogP contribution in [0.5, 0.6) is 5.88 Å². The van der Waals surface area contributed by atoms with Crippen LogP contribution in [0.3, 0.4) is 0 Å². The van der Waals surface area contributed by atoms with E-state index in [0.717, 1.165) is 31.9 Å². The molecule has 0 spiro atoms. The smallest absolute Gasteiger partial charge is 0.259 e. The molecule has 0 bridgehead atoms. The maximum absolute atomic E-state index is 14.9. The fourth-order valence-electron chi connectivity index (χ4n) is 4.29. The molecule has 2 atom stereocenters. The Morgan fingerprint density at radius 2 is 2.00 bits per heavy atom. The lowest BCUT2D eigenvalue weighted by Crippen LogP contribution is -2.50. The number of rotatable bonds is 7. The zero-order valence-electron chi connectivity index (χ0n) is 17.8. The number of hydrogen-bond acceptors (Lipinski definition) is 5. The Hall–Kier alpha value is -3.36. The van der Waals surface area contributed by atoms with Gasteiger partial charge >= 0.3 is 0 Å². The highest BCUT2D eigenvalue weighted by atomic mass is 19.1. The monoisotopic (exact) mass is 441 g/mol. The molecule has 1 fully saturated rings. The van der Waals surface area contributed by atoms with Gasteiger partial charge in [0.15, 0.2) is 0 Å². The minimum atomic E-state index is -0.603. The lowest BCUT2D eigenvalue weighted by molar-refractivity contribution is 0.0373. The van der Waals surface area contributed by atoms with E-state index in [-0.39, 0.29) is 23.4 Å². The molecular formula is C23H25F2N5O2. The molecule has 3 heterocycles. The van der Waals surface area contributed by atoms with Gasteiger partial charge in [0.2, 0.25) is 5.88 Å². The van der Waals surface area contributed by atoms with Crippen molar-refractivity contribution in [2.75, 3.05) is 13.2 Å². The summed E-state index contributed by atoms with van der Waals surface area (Å²) in [7, 11) is 0. The highest BCUT2D eigenvalue weighted by Crippen LogP contribution is 2.31. The molecule has 0 radical (unpaired) electrons. The van der Waals surface area contributed by atoms with E-state index in [4.69, 9.17) is 4.74 Å². The third-order valence-corrected chi connectivity index (χ3v) is 5.75. The van der Waals surface area contributed by atoms with Crippen molar-refractivity contribution in [3.8, 4) is 11.6 Å². The van der Waals surface area contributed by atoms with Gasteiger partial charge in [0, 0.05) is 24.6 Å². The number of ether oxygens (including phenoxy) is 1. The Bertz CT molecular complexity index is 1040. The molecular weight excluding hydrogens is 416 g/mol. The van der Waals surface area contributed by atoms with E-state index in [1.165, 1.54) is 41.5 Å². The van der Waals surface area contributed by atoms with Crippen molar-refractivity contribution in [2.24, 2.45) is 5.92 Å². The molecule has 168 valence electrons. The van der Waals surface area contributed by atoms with Crippen LogP contribution >= 0.6 is 0 Å². The largest absolute Gasteiger partial charge is 0.477 e. The van der Waals surface area contributed by atoms with E-state index in [1.54, 1.807) is 11.0 Å². The number of amides is 1. The van der Waals surface area contributed by atoms with Crippen LogP contribution in [0.2, 0.25) is 0 Å². The van der Waals surface area contributed by atoms with Gasteiger partial charge in [-0.3, -0.25) is 4.79 Å². The van der Waals surface area contributed by atoms with Gasteiger partial charge < -0.3 is 9.64 Å². The third-order valence-electron chi connectivity index (χ3n) is 5.75. The second-order valence-electron chi connectivity index (χ2n) is 7.84. The molecule has 7 nitrogen and oxygen atoms in total. The highest BCUT2D eigenvalue weighted by molar-refractivity contribution is 5.98. The predicted octanol–water partition coefficient (Wildman–Crippen LogP) is 4.04. The van der Waals surface area contributed by atoms with E-state index in [0.29, 0.717) is 24.7 Å². The minimum Gasteiger partial charge on any atom is -0.477 e. The molecule has 1 aliphatic rings. The fourth-order valence-corrected chi connectivity index (χ4v) is 4.29. The molecule has 3 aromatic rings.